The molecule has 0 aromatic rings. The first-order valence-electron chi connectivity index (χ1n) is 11.3. The Morgan fingerprint density at radius 2 is 1.29 bits per heavy atom. The van der Waals surface area contributed by atoms with Crippen LogP contribution in [0, 0.1) is 0 Å². The van der Waals surface area contributed by atoms with Crippen LogP contribution < -0.4 is 0 Å². The van der Waals surface area contributed by atoms with Crippen molar-refractivity contribution < 1.29 is 61.9 Å². The van der Waals surface area contributed by atoms with E-state index in [4.69, 9.17) is 61.1 Å². The van der Waals surface area contributed by atoms with E-state index in [0.29, 0.717) is 0 Å². The van der Waals surface area contributed by atoms with Crippen molar-refractivity contribution in [3.8, 4) is 0 Å². The summed E-state index contributed by atoms with van der Waals surface area (Å²) < 4.78 is 44.6. The molecule has 2 fully saturated rings. The fourth-order valence-corrected chi connectivity index (χ4v) is 5.19. The molecular weight excluding hydrogens is 623 g/mol. The average Bonchev–Trinajstić information content (AvgIpc) is 3.08. The number of hydrogen-bond donors (Lipinski definition) is 0. The molecule has 2 aliphatic rings. The summed E-state index contributed by atoms with van der Waals surface area (Å²) >= 11 is 15.7. The van der Waals surface area contributed by atoms with Gasteiger partial charge in [0.2, 0.25) is 12.1 Å². The summed E-state index contributed by atoms with van der Waals surface area (Å²) in [4.78, 5) is 58.3. The van der Waals surface area contributed by atoms with Gasteiger partial charge in [-0.2, -0.15) is 0 Å². The molecule has 0 radical (unpaired) electrons. The number of ether oxygens (including phenoxy) is 8. The van der Waals surface area contributed by atoms with Crippen molar-refractivity contribution in [2.45, 2.75) is 88.1 Å². The Balaban J connectivity index is 2.55. The predicted molar refractivity (Wildman–Crippen MR) is 130 cm³/mol. The van der Waals surface area contributed by atoms with Gasteiger partial charge in [-0.3, -0.25) is 24.0 Å². The molecule has 0 aromatic heterocycles. The first-order valence-corrected chi connectivity index (χ1v) is 13.3. The van der Waals surface area contributed by atoms with E-state index < -0.39 is 89.3 Å². The second-order valence-electron chi connectivity index (χ2n) is 8.42. The molecule has 38 heavy (non-hydrogen) atoms. The van der Waals surface area contributed by atoms with Crippen LogP contribution in [-0.4, -0.2) is 102 Å². The molecule has 0 aliphatic carbocycles. The van der Waals surface area contributed by atoms with Crippen molar-refractivity contribution in [2.75, 3.05) is 18.4 Å². The molecular formula is C22H29BrCl2O13. The van der Waals surface area contributed by atoms with Gasteiger partial charge in [-0.05, 0) is 0 Å². The number of hydrogen-bond acceptors (Lipinski definition) is 13. The zero-order valence-electron chi connectivity index (χ0n) is 21.2. The van der Waals surface area contributed by atoms with Gasteiger partial charge < -0.3 is 37.9 Å². The molecule has 0 N–H and O–H groups in total. The average molecular weight is 652 g/mol. The molecule has 0 amide bonds. The SMILES string of the molecule is CC(=O)OC[C@H]1O[C@H](O[C@]2(CCl)O[C@H](CCl)[C@@H](OC(C)=O)[C@@H]2OC(C)=O)[C@H](OC(C)=O)[C@@H](OC(C)=O)[C@@H]1Br. The predicted octanol–water partition coefficient (Wildman–Crippen LogP) is 1.35. The van der Waals surface area contributed by atoms with E-state index in [1.807, 2.05) is 0 Å². The van der Waals surface area contributed by atoms with Crippen LogP contribution in [0.25, 0.3) is 0 Å². The van der Waals surface area contributed by atoms with Crippen molar-refractivity contribution in [3.05, 3.63) is 0 Å². The molecule has 216 valence electrons. The number of rotatable bonds is 10. The van der Waals surface area contributed by atoms with Crippen LogP contribution in [0.4, 0.5) is 0 Å². The molecule has 2 heterocycles. The van der Waals surface area contributed by atoms with Crippen LogP contribution >= 0.6 is 39.1 Å². The Hall–Kier alpha value is -1.71. The fourth-order valence-electron chi connectivity index (χ4n) is 3.99. The minimum atomic E-state index is -2.04. The summed E-state index contributed by atoms with van der Waals surface area (Å²) in [5.74, 6) is -6.37. The van der Waals surface area contributed by atoms with Gasteiger partial charge in [-0.1, -0.05) is 15.9 Å². The Morgan fingerprint density at radius 1 is 0.763 bits per heavy atom. The summed E-state index contributed by atoms with van der Waals surface area (Å²) in [5.41, 5.74) is 0. The van der Waals surface area contributed by atoms with Gasteiger partial charge in [0.25, 0.3) is 0 Å². The van der Waals surface area contributed by atoms with Crippen LogP contribution in [0.2, 0.25) is 0 Å². The van der Waals surface area contributed by atoms with E-state index in [2.05, 4.69) is 15.9 Å². The van der Waals surface area contributed by atoms with Gasteiger partial charge in [-0.15, -0.1) is 23.2 Å². The molecule has 16 heteroatoms. The number of esters is 5. The molecule has 0 unspecified atom stereocenters. The summed E-state index contributed by atoms with van der Waals surface area (Å²) in [7, 11) is 0. The van der Waals surface area contributed by atoms with Gasteiger partial charge >= 0.3 is 29.8 Å². The Bertz CT molecular complexity index is 904. The van der Waals surface area contributed by atoms with Crippen molar-refractivity contribution in [1.29, 1.82) is 0 Å². The highest BCUT2D eigenvalue weighted by Gasteiger charge is 2.63. The Kier molecular flexibility index (Phi) is 12.0. The van der Waals surface area contributed by atoms with Crippen LogP contribution in [0.1, 0.15) is 34.6 Å². The maximum Gasteiger partial charge on any atom is 0.303 e. The molecule has 0 aromatic carbocycles. The number of halogens is 3. The van der Waals surface area contributed by atoms with Crippen molar-refractivity contribution in [3.63, 3.8) is 0 Å². The van der Waals surface area contributed by atoms with E-state index >= 15 is 0 Å². The molecule has 2 aliphatic heterocycles. The highest BCUT2D eigenvalue weighted by Crippen LogP contribution is 2.42. The normalized spacial score (nSPS) is 34.6. The number of alkyl halides is 3. The monoisotopic (exact) mass is 650 g/mol. The van der Waals surface area contributed by atoms with Gasteiger partial charge in [0, 0.05) is 34.6 Å². The highest BCUT2D eigenvalue weighted by molar-refractivity contribution is 9.09. The lowest BCUT2D eigenvalue weighted by Gasteiger charge is -2.45. The molecule has 2 rings (SSSR count). The largest absolute Gasteiger partial charge is 0.463 e. The third-order valence-corrected chi connectivity index (χ3v) is 7.11. The number of carbonyl (C=O) groups is 5. The Labute approximate surface area is 237 Å². The topological polar surface area (TPSA) is 159 Å². The maximum atomic E-state index is 12.0. The molecule has 2 saturated heterocycles. The molecule has 0 bridgehead atoms. The lowest BCUT2D eigenvalue weighted by atomic mass is 10.0. The molecule has 13 nitrogen and oxygen atoms in total. The highest BCUT2D eigenvalue weighted by atomic mass is 79.9. The minimum absolute atomic E-state index is 0.217. The van der Waals surface area contributed by atoms with Crippen LogP contribution in [-0.2, 0) is 61.9 Å². The van der Waals surface area contributed by atoms with E-state index in [0.717, 1.165) is 27.7 Å². The summed E-state index contributed by atoms with van der Waals surface area (Å²) in [5, 5.41) is 0. The summed E-state index contributed by atoms with van der Waals surface area (Å²) in [6.45, 7) is 5.38. The van der Waals surface area contributed by atoms with E-state index in [9.17, 15) is 24.0 Å². The van der Waals surface area contributed by atoms with Gasteiger partial charge in [0.1, 0.15) is 18.8 Å². The van der Waals surface area contributed by atoms with Crippen LogP contribution in [0.5, 0.6) is 0 Å². The van der Waals surface area contributed by atoms with Crippen LogP contribution in [0.15, 0.2) is 0 Å². The first-order chi connectivity index (χ1) is 17.7. The van der Waals surface area contributed by atoms with Crippen molar-refractivity contribution in [2.24, 2.45) is 0 Å². The fraction of sp³-hybridized carbons (Fsp3) is 0.773. The van der Waals surface area contributed by atoms with Crippen molar-refractivity contribution in [1.82, 2.24) is 0 Å². The van der Waals surface area contributed by atoms with E-state index in [1.165, 1.54) is 6.92 Å². The lowest BCUT2D eigenvalue weighted by Crippen LogP contribution is -2.63. The zero-order valence-corrected chi connectivity index (χ0v) is 24.3. The number of carbonyl (C=O) groups excluding carboxylic acids is 5. The standard InChI is InChI=1S/C22H29BrCl2O13/c1-9(26)31-7-15-16(23)18(33-11(3)28)19(34-12(4)29)21(36-15)38-22(8-25)20(35-13(5)30)17(32-10(2)27)14(6-24)37-22/h14-21H,6-8H2,1-5H3/t14-,15-,16-,17-,18+,19-,20+,21-,22+/m1/s1. The van der Waals surface area contributed by atoms with Crippen molar-refractivity contribution >= 4 is 69.0 Å². The third-order valence-electron chi connectivity index (χ3n) is 5.32. The molecule has 9 atom stereocenters. The maximum absolute atomic E-state index is 12.0. The summed E-state index contributed by atoms with van der Waals surface area (Å²) in [6, 6.07) is 0. The zero-order chi connectivity index (χ0) is 28.8. The van der Waals surface area contributed by atoms with Gasteiger partial charge in [0.05, 0.1) is 16.6 Å². The lowest BCUT2D eigenvalue weighted by molar-refractivity contribution is -0.358. The quantitative estimate of drug-likeness (QED) is 0.189. The van der Waals surface area contributed by atoms with Gasteiger partial charge in [-0.25, -0.2) is 0 Å². The minimum Gasteiger partial charge on any atom is -0.463 e. The smallest absolute Gasteiger partial charge is 0.303 e. The van der Waals surface area contributed by atoms with E-state index in [1.54, 1.807) is 0 Å². The van der Waals surface area contributed by atoms with Crippen LogP contribution in [0.3, 0.4) is 0 Å². The molecule has 0 spiro atoms. The second-order valence-corrected chi connectivity index (χ2v) is 10.0. The Morgan fingerprint density at radius 3 is 1.76 bits per heavy atom. The van der Waals surface area contributed by atoms with E-state index in [-0.39, 0.29) is 12.5 Å². The third kappa shape index (κ3) is 8.15. The second kappa shape index (κ2) is 14.1. The first kappa shape index (κ1) is 32.5. The molecule has 0 saturated carbocycles. The van der Waals surface area contributed by atoms with Gasteiger partial charge in [0.15, 0.2) is 24.4 Å². The summed E-state index contributed by atoms with van der Waals surface area (Å²) in [6.07, 6.45) is -8.89.